The SMILES string of the molecule is CC(=O)Nc1ccc(Cc2nc3c([nH]2)c(=O)n(Cc2ccccc2F)c(=O)n3CCCC(=O)NNC(=O)O)cc1. The molecular weight excluding hydrogens is 525 g/mol. The maximum absolute atomic E-state index is 14.4. The predicted molar refractivity (Wildman–Crippen MR) is 142 cm³/mol. The van der Waals surface area contributed by atoms with E-state index in [2.05, 4.69) is 15.3 Å². The molecule has 0 saturated heterocycles. The minimum Gasteiger partial charge on any atom is -0.464 e. The van der Waals surface area contributed by atoms with E-state index in [1.54, 1.807) is 35.8 Å². The summed E-state index contributed by atoms with van der Waals surface area (Å²) in [6.45, 7) is 1.06. The molecule has 14 heteroatoms. The second-order valence-electron chi connectivity index (χ2n) is 8.94. The van der Waals surface area contributed by atoms with Gasteiger partial charge in [0.1, 0.15) is 17.2 Å². The highest BCUT2D eigenvalue weighted by Gasteiger charge is 2.19. The van der Waals surface area contributed by atoms with Crippen LogP contribution in [-0.2, 0) is 29.1 Å². The van der Waals surface area contributed by atoms with Crippen molar-refractivity contribution in [3.05, 3.63) is 92.1 Å². The second kappa shape index (κ2) is 12.1. The molecule has 0 aliphatic rings. The number of rotatable bonds is 9. The summed E-state index contributed by atoms with van der Waals surface area (Å²) >= 11 is 0. The van der Waals surface area contributed by atoms with Crippen LogP contribution in [0.1, 0.15) is 36.7 Å². The van der Waals surface area contributed by atoms with Gasteiger partial charge in [0.15, 0.2) is 5.65 Å². The molecule has 4 aromatic rings. The van der Waals surface area contributed by atoms with Crippen molar-refractivity contribution in [1.29, 1.82) is 0 Å². The first-order chi connectivity index (χ1) is 19.1. The van der Waals surface area contributed by atoms with Gasteiger partial charge in [-0.15, -0.1) is 0 Å². The highest BCUT2D eigenvalue weighted by Crippen LogP contribution is 2.15. The van der Waals surface area contributed by atoms with Gasteiger partial charge in [-0.3, -0.25) is 28.9 Å². The monoisotopic (exact) mass is 551 g/mol. The zero-order valence-electron chi connectivity index (χ0n) is 21.4. The first-order valence-corrected chi connectivity index (χ1v) is 12.2. The van der Waals surface area contributed by atoms with Gasteiger partial charge in [0, 0.05) is 37.6 Å². The molecule has 0 bridgehead atoms. The minimum absolute atomic E-state index is 0.0247. The van der Waals surface area contributed by atoms with Crippen LogP contribution >= 0.6 is 0 Å². The van der Waals surface area contributed by atoms with Crippen molar-refractivity contribution in [1.82, 2.24) is 30.0 Å². The zero-order chi connectivity index (χ0) is 28.8. The highest BCUT2D eigenvalue weighted by molar-refractivity contribution is 5.88. The number of carbonyl (C=O) groups excluding carboxylic acids is 2. The summed E-state index contributed by atoms with van der Waals surface area (Å²) < 4.78 is 16.5. The molecule has 5 N–H and O–H groups in total. The number of hydrazine groups is 1. The third kappa shape index (κ3) is 6.59. The second-order valence-corrected chi connectivity index (χ2v) is 8.94. The van der Waals surface area contributed by atoms with Gasteiger partial charge in [-0.2, -0.15) is 0 Å². The van der Waals surface area contributed by atoms with Gasteiger partial charge in [-0.1, -0.05) is 30.3 Å². The van der Waals surface area contributed by atoms with E-state index in [4.69, 9.17) is 5.11 Å². The molecule has 0 saturated carbocycles. The fourth-order valence-electron chi connectivity index (χ4n) is 4.12. The Morgan fingerprint density at radius 2 is 1.75 bits per heavy atom. The number of aromatic amines is 1. The number of hydrogen-bond donors (Lipinski definition) is 5. The quantitative estimate of drug-likeness (QED) is 0.196. The third-order valence-electron chi connectivity index (χ3n) is 5.94. The van der Waals surface area contributed by atoms with Crippen LogP contribution in [0, 0.1) is 5.82 Å². The van der Waals surface area contributed by atoms with E-state index in [-0.39, 0.29) is 55.0 Å². The van der Waals surface area contributed by atoms with E-state index in [0.717, 1.165) is 10.1 Å². The third-order valence-corrected chi connectivity index (χ3v) is 5.94. The van der Waals surface area contributed by atoms with Crippen LogP contribution < -0.4 is 27.4 Å². The highest BCUT2D eigenvalue weighted by atomic mass is 19.1. The lowest BCUT2D eigenvalue weighted by molar-refractivity contribution is -0.122. The molecule has 0 fully saturated rings. The fraction of sp³-hybridized carbons (Fsp3) is 0.231. The molecule has 40 heavy (non-hydrogen) atoms. The van der Waals surface area contributed by atoms with E-state index >= 15 is 0 Å². The summed E-state index contributed by atoms with van der Waals surface area (Å²) in [6, 6.07) is 12.8. The van der Waals surface area contributed by atoms with E-state index in [0.29, 0.717) is 11.5 Å². The molecule has 4 rings (SSSR count). The molecule has 13 nitrogen and oxygen atoms in total. The van der Waals surface area contributed by atoms with E-state index < -0.39 is 29.1 Å². The Kier molecular flexibility index (Phi) is 8.37. The number of fused-ring (bicyclic) bond motifs is 1. The van der Waals surface area contributed by atoms with Gasteiger partial charge in [0.2, 0.25) is 11.8 Å². The normalized spacial score (nSPS) is 10.8. The fourth-order valence-corrected chi connectivity index (χ4v) is 4.12. The Morgan fingerprint density at radius 3 is 2.42 bits per heavy atom. The zero-order valence-corrected chi connectivity index (χ0v) is 21.4. The number of imidazole rings is 1. The molecule has 0 atom stereocenters. The summed E-state index contributed by atoms with van der Waals surface area (Å²) in [5.41, 5.74) is 4.04. The topological polar surface area (TPSA) is 180 Å². The standard InChI is InChI=1S/C26H26FN7O6/c1-15(35)28-18-10-8-16(9-11-18)13-20-29-22-23(30-20)33(12-4-7-21(36)31-32-25(38)39)26(40)34(24(22)37)14-17-5-2-3-6-19(17)27/h2-3,5-6,8-11,32H,4,7,12-14H2,1H3,(H,28,35)(H,29,30)(H,31,36)(H,38,39). The van der Waals surface area contributed by atoms with Crippen molar-refractivity contribution in [3.8, 4) is 0 Å². The summed E-state index contributed by atoms with van der Waals surface area (Å²) in [5, 5.41) is 11.3. The number of carboxylic acid groups (broad SMARTS) is 1. The molecule has 0 unspecified atom stereocenters. The van der Waals surface area contributed by atoms with Crippen molar-refractivity contribution < 1.29 is 23.9 Å². The predicted octanol–water partition coefficient (Wildman–Crippen LogP) is 1.70. The maximum atomic E-state index is 14.4. The van der Waals surface area contributed by atoms with Crippen LogP contribution in [0.2, 0.25) is 0 Å². The van der Waals surface area contributed by atoms with Gasteiger partial charge in [-0.25, -0.2) is 24.4 Å². The number of aryl methyl sites for hydroxylation is 1. The molecule has 2 aromatic heterocycles. The number of hydrogen-bond acceptors (Lipinski definition) is 6. The maximum Gasteiger partial charge on any atom is 0.423 e. The molecule has 2 heterocycles. The Labute approximate surface area is 225 Å². The van der Waals surface area contributed by atoms with Gasteiger partial charge in [-0.05, 0) is 30.2 Å². The lowest BCUT2D eigenvalue weighted by atomic mass is 10.1. The number of nitrogens with one attached hydrogen (secondary N) is 4. The summed E-state index contributed by atoms with van der Waals surface area (Å²) in [4.78, 5) is 68.0. The van der Waals surface area contributed by atoms with Crippen molar-refractivity contribution in [2.75, 3.05) is 5.32 Å². The number of aromatic nitrogens is 4. The van der Waals surface area contributed by atoms with E-state index in [1.165, 1.54) is 29.7 Å². The lowest BCUT2D eigenvalue weighted by Gasteiger charge is -2.12. The van der Waals surface area contributed by atoms with Crippen LogP contribution in [0.5, 0.6) is 0 Å². The summed E-state index contributed by atoms with van der Waals surface area (Å²) in [5.74, 6) is -1.00. The average Bonchev–Trinajstić information content (AvgIpc) is 3.33. The minimum atomic E-state index is -1.43. The molecule has 208 valence electrons. The van der Waals surface area contributed by atoms with Gasteiger partial charge in [0.05, 0.1) is 6.54 Å². The Bertz CT molecular complexity index is 1690. The summed E-state index contributed by atoms with van der Waals surface area (Å²) in [7, 11) is 0. The number of anilines is 1. The van der Waals surface area contributed by atoms with Crippen LogP contribution in [-0.4, -0.2) is 42.1 Å². The van der Waals surface area contributed by atoms with Gasteiger partial charge >= 0.3 is 11.8 Å². The van der Waals surface area contributed by atoms with Gasteiger partial charge in [0.25, 0.3) is 5.56 Å². The Hall–Kier alpha value is -5.27. The first kappa shape index (κ1) is 27.8. The first-order valence-electron chi connectivity index (χ1n) is 12.2. The Balaban J connectivity index is 1.68. The van der Waals surface area contributed by atoms with Crippen LogP contribution in [0.4, 0.5) is 14.9 Å². The molecule has 0 radical (unpaired) electrons. The van der Waals surface area contributed by atoms with E-state index in [9.17, 15) is 28.4 Å². The van der Waals surface area contributed by atoms with Crippen molar-refractivity contribution in [2.24, 2.45) is 0 Å². The molecule has 0 spiro atoms. The van der Waals surface area contributed by atoms with Crippen LogP contribution in [0.3, 0.4) is 0 Å². The molecule has 0 aliphatic heterocycles. The van der Waals surface area contributed by atoms with Crippen molar-refractivity contribution in [2.45, 2.75) is 39.3 Å². The number of nitrogens with zero attached hydrogens (tertiary/aromatic N) is 3. The van der Waals surface area contributed by atoms with E-state index in [1.807, 2.05) is 5.43 Å². The summed E-state index contributed by atoms with van der Waals surface area (Å²) in [6.07, 6.45) is -1.16. The average molecular weight is 552 g/mol. The van der Waals surface area contributed by atoms with Crippen molar-refractivity contribution >= 4 is 34.8 Å². The molecule has 2 aromatic carbocycles. The number of halogens is 1. The largest absolute Gasteiger partial charge is 0.464 e. The number of H-pyrrole nitrogens is 1. The molecular formula is C26H26FN7O6. The van der Waals surface area contributed by atoms with Gasteiger partial charge < -0.3 is 15.4 Å². The smallest absolute Gasteiger partial charge is 0.423 e. The Morgan fingerprint density at radius 1 is 1.02 bits per heavy atom. The number of carbonyl (C=O) groups is 3. The van der Waals surface area contributed by atoms with Crippen LogP contribution in [0.25, 0.3) is 11.2 Å². The number of benzene rings is 2. The lowest BCUT2D eigenvalue weighted by Crippen LogP contribution is -2.41. The molecule has 0 aliphatic carbocycles. The molecule has 3 amide bonds. The number of amides is 3. The van der Waals surface area contributed by atoms with Crippen molar-refractivity contribution in [3.63, 3.8) is 0 Å². The van der Waals surface area contributed by atoms with Crippen LogP contribution in [0.15, 0.2) is 58.1 Å².